The minimum absolute atomic E-state index is 0.00795. The number of rotatable bonds is 8. The summed E-state index contributed by atoms with van der Waals surface area (Å²) in [4.78, 5) is 23.4. The number of likely N-dealkylation sites (tertiary alicyclic amines) is 1. The number of nitrogens with one attached hydrogen (secondary N) is 3. The molecular formula is C28H34N6O3S. The number of hydrogen-bond acceptors (Lipinski definition) is 7. The van der Waals surface area contributed by atoms with Crippen LogP contribution in [0.5, 0.6) is 5.75 Å². The van der Waals surface area contributed by atoms with E-state index >= 15 is 0 Å². The Bertz CT molecular complexity index is 1310. The summed E-state index contributed by atoms with van der Waals surface area (Å²) in [5.41, 5.74) is 8.58. The molecular weight excluding hydrogens is 500 g/mol. The van der Waals surface area contributed by atoms with Gasteiger partial charge in [0.2, 0.25) is 0 Å². The van der Waals surface area contributed by atoms with Crippen molar-refractivity contribution < 1.29 is 14.3 Å². The van der Waals surface area contributed by atoms with E-state index in [4.69, 9.17) is 26.0 Å². The number of benzene rings is 2. The van der Waals surface area contributed by atoms with Crippen molar-refractivity contribution in [1.29, 1.82) is 10.8 Å². The quantitative estimate of drug-likeness (QED) is 0.138. The van der Waals surface area contributed by atoms with Crippen LogP contribution in [0.25, 0.3) is 11.0 Å². The number of carbonyl (C=O) groups excluding carboxylic acids is 1. The third kappa shape index (κ3) is 6.12. The zero-order valence-corrected chi connectivity index (χ0v) is 22.4. The van der Waals surface area contributed by atoms with Crippen LogP contribution >= 0.6 is 11.8 Å². The van der Waals surface area contributed by atoms with Crippen molar-refractivity contribution in [3.05, 3.63) is 53.6 Å². The van der Waals surface area contributed by atoms with Gasteiger partial charge in [0.25, 0.3) is 0 Å². The zero-order valence-electron chi connectivity index (χ0n) is 21.5. The van der Waals surface area contributed by atoms with Crippen LogP contribution in [-0.4, -0.2) is 57.8 Å². The number of piperidine rings is 1. The molecule has 200 valence electrons. The first-order valence-electron chi connectivity index (χ1n) is 13.1. The minimum atomic E-state index is -0.587. The molecule has 38 heavy (non-hydrogen) atoms. The largest absolute Gasteiger partial charge is 0.490 e. The van der Waals surface area contributed by atoms with Crippen molar-refractivity contribution in [3.63, 3.8) is 0 Å². The number of ether oxygens (including phenoxy) is 2. The lowest BCUT2D eigenvalue weighted by Gasteiger charge is -2.32. The maximum absolute atomic E-state index is 13.4. The van der Waals surface area contributed by atoms with Gasteiger partial charge in [0.1, 0.15) is 29.0 Å². The van der Waals surface area contributed by atoms with Crippen molar-refractivity contribution in [2.24, 2.45) is 5.73 Å². The van der Waals surface area contributed by atoms with Gasteiger partial charge in [-0.15, -0.1) is 0 Å². The molecule has 0 amide bonds. The molecule has 5 N–H and O–H groups in total. The number of aromatic nitrogens is 2. The highest BCUT2D eigenvalue weighted by Crippen LogP contribution is 2.38. The summed E-state index contributed by atoms with van der Waals surface area (Å²) in [6.45, 7) is 3.48. The summed E-state index contributed by atoms with van der Waals surface area (Å²) in [5.74, 6) is 1.10. The van der Waals surface area contributed by atoms with E-state index in [-0.39, 0.29) is 24.0 Å². The number of amidine groups is 2. The number of nitrogens with two attached hydrogens (primary N) is 1. The Morgan fingerprint density at radius 3 is 2.45 bits per heavy atom. The SMILES string of the molecule is CC(=N)N1CCC(Oc2ccc(C(Sc3nc4ccc(C(=N)N)cc4[nH]3)C(=O)OC3CCCC3)cc2)CC1. The number of carbonyl (C=O) groups is 1. The van der Waals surface area contributed by atoms with Crippen molar-refractivity contribution in [2.75, 3.05) is 13.1 Å². The molecule has 0 radical (unpaired) electrons. The summed E-state index contributed by atoms with van der Waals surface area (Å²) in [7, 11) is 0. The smallest absolute Gasteiger partial charge is 0.324 e. The normalized spacial score (nSPS) is 17.4. The predicted molar refractivity (Wildman–Crippen MR) is 149 cm³/mol. The van der Waals surface area contributed by atoms with Crippen LogP contribution in [0.4, 0.5) is 0 Å². The third-order valence-electron chi connectivity index (χ3n) is 7.20. The first-order chi connectivity index (χ1) is 18.4. The number of aromatic amines is 1. The molecule has 1 saturated heterocycles. The topological polar surface area (TPSA) is 141 Å². The second-order valence-electron chi connectivity index (χ2n) is 9.99. The van der Waals surface area contributed by atoms with Crippen LogP contribution in [0.15, 0.2) is 47.6 Å². The van der Waals surface area contributed by atoms with Gasteiger partial charge in [0.05, 0.1) is 16.9 Å². The summed E-state index contributed by atoms with van der Waals surface area (Å²) in [6.07, 6.45) is 5.82. The average molecular weight is 535 g/mol. The number of fused-ring (bicyclic) bond motifs is 1. The zero-order chi connectivity index (χ0) is 26.6. The maximum Gasteiger partial charge on any atom is 0.324 e. The van der Waals surface area contributed by atoms with E-state index in [0.717, 1.165) is 74.0 Å². The van der Waals surface area contributed by atoms with Crippen LogP contribution in [0.1, 0.15) is 61.8 Å². The Morgan fingerprint density at radius 2 is 1.79 bits per heavy atom. The first kappa shape index (κ1) is 26.1. The van der Waals surface area contributed by atoms with Crippen LogP contribution in [0.3, 0.4) is 0 Å². The molecule has 1 aliphatic heterocycles. The highest BCUT2D eigenvalue weighted by Gasteiger charge is 2.29. The molecule has 1 unspecified atom stereocenters. The van der Waals surface area contributed by atoms with Crippen molar-refractivity contribution in [3.8, 4) is 5.75 Å². The van der Waals surface area contributed by atoms with Crippen LogP contribution in [0, 0.1) is 10.8 Å². The second kappa shape index (κ2) is 11.5. The van der Waals surface area contributed by atoms with Gasteiger partial charge in [0, 0.05) is 31.5 Å². The summed E-state index contributed by atoms with van der Waals surface area (Å²) in [5, 5.41) is 15.5. The molecule has 0 spiro atoms. The van der Waals surface area contributed by atoms with E-state index in [1.807, 2.05) is 37.3 Å². The monoisotopic (exact) mass is 534 g/mol. The molecule has 9 nitrogen and oxygen atoms in total. The fourth-order valence-corrected chi connectivity index (χ4v) is 6.02. The fourth-order valence-electron chi connectivity index (χ4n) is 5.03. The second-order valence-corrected chi connectivity index (χ2v) is 11.1. The molecule has 2 fully saturated rings. The van der Waals surface area contributed by atoms with Gasteiger partial charge < -0.3 is 25.1 Å². The van der Waals surface area contributed by atoms with Gasteiger partial charge in [-0.1, -0.05) is 23.9 Å². The van der Waals surface area contributed by atoms with E-state index in [2.05, 4.69) is 14.9 Å². The number of H-pyrrole nitrogens is 1. The first-order valence-corrected chi connectivity index (χ1v) is 14.0. The molecule has 2 aliphatic rings. The number of hydrogen-bond donors (Lipinski definition) is 4. The van der Waals surface area contributed by atoms with E-state index in [0.29, 0.717) is 16.6 Å². The molecule has 2 heterocycles. The molecule has 10 heteroatoms. The summed E-state index contributed by atoms with van der Waals surface area (Å²) >= 11 is 1.33. The van der Waals surface area contributed by atoms with Crippen LogP contribution in [0.2, 0.25) is 0 Å². The lowest BCUT2D eigenvalue weighted by atomic mass is 10.1. The molecule has 2 aromatic carbocycles. The Kier molecular flexibility index (Phi) is 7.87. The maximum atomic E-state index is 13.4. The number of esters is 1. The van der Waals surface area contributed by atoms with Gasteiger partial charge in [-0.2, -0.15) is 0 Å². The number of nitrogen functional groups attached to an aromatic ring is 1. The minimum Gasteiger partial charge on any atom is -0.490 e. The van der Waals surface area contributed by atoms with E-state index in [1.165, 1.54) is 11.8 Å². The van der Waals surface area contributed by atoms with Crippen LogP contribution < -0.4 is 10.5 Å². The van der Waals surface area contributed by atoms with Crippen LogP contribution in [-0.2, 0) is 9.53 Å². The fraction of sp³-hybridized carbons (Fsp3) is 0.429. The Morgan fingerprint density at radius 1 is 1.08 bits per heavy atom. The van der Waals surface area contributed by atoms with Crippen molar-refractivity contribution in [2.45, 2.75) is 68.1 Å². The van der Waals surface area contributed by atoms with Gasteiger partial charge in [0.15, 0.2) is 5.16 Å². The third-order valence-corrected chi connectivity index (χ3v) is 8.32. The number of imidazole rings is 1. The Hall–Kier alpha value is -3.53. The van der Waals surface area contributed by atoms with Gasteiger partial charge >= 0.3 is 5.97 Å². The number of nitrogens with zero attached hydrogens (tertiary/aromatic N) is 2. The van der Waals surface area contributed by atoms with E-state index in [9.17, 15) is 4.79 Å². The summed E-state index contributed by atoms with van der Waals surface area (Å²) < 4.78 is 12.1. The lowest BCUT2D eigenvalue weighted by Crippen LogP contribution is -2.40. The lowest BCUT2D eigenvalue weighted by molar-refractivity contribution is -0.148. The highest BCUT2D eigenvalue weighted by molar-refractivity contribution is 8.00. The summed E-state index contributed by atoms with van der Waals surface area (Å²) in [6, 6.07) is 13.1. The number of thioether (sulfide) groups is 1. The molecule has 0 bridgehead atoms. The van der Waals surface area contributed by atoms with Gasteiger partial charge in [-0.25, -0.2) is 4.98 Å². The molecule has 1 atom stereocenters. The molecule has 1 saturated carbocycles. The Labute approximate surface area is 226 Å². The van der Waals surface area contributed by atoms with Gasteiger partial charge in [-0.05, 0) is 68.5 Å². The molecule has 3 aromatic rings. The molecule has 1 aromatic heterocycles. The highest BCUT2D eigenvalue weighted by atomic mass is 32.2. The van der Waals surface area contributed by atoms with Gasteiger partial charge in [-0.3, -0.25) is 15.6 Å². The van der Waals surface area contributed by atoms with E-state index < -0.39 is 5.25 Å². The molecule has 1 aliphatic carbocycles. The average Bonchev–Trinajstić information content (AvgIpc) is 3.57. The molecule has 5 rings (SSSR count). The van der Waals surface area contributed by atoms with Crippen molar-refractivity contribution in [1.82, 2.24) is 14.9 Å². The van der Waals surface area contributed by atoms with E-state index in [1.54, 1.807) is 12.1 Å². The standard InChI is InChI=1S/C28H34N6O3S/c1-17(29)34-14-12-22(13-15-34)36-21-9-6-18(7-10-21)25(27(35)37-20-4-2-3-5-20)38-28-32-23-11-8-19(26(30)31)16-24(23)33-28/h6-11,16,20,22,25,29H,2-5,12-15H2,1H3,(H3,30,31)(H,32,33). The van der Waals surface area contributed by atoms with Crippen molar-refractivity contribution >= 4 is 40.4 Å². The predicted octanol–water partition coefficient (Wildman–Crippen LogP) is 5.01. The Balaban J connectivity index is 1.32.